The lowest BCUT2D eigenvalue weighted by Crippen LogP contribution is -1.96. The summed E-state index contributed by atoms with van der Waals surface area (Å²) < 4.78 is 4.61. The van der Waals surface area contributed by atoms with E-state index in [1.54, 1.807) is 0 Å². The molecule has 60 valence electrons. The van der Waals surface area contributed by atoms with Crippen LogP contribution in [0, 0.1) is 0 Å². The maximum Gasteiger partial charge on any atom is 0.348 e. The molecule has 11 heavy (non-hydrogen) atoms. The molecular formula is C6H5ClO3S. The van der Waals surface area contributed by atoms with Gasteiger partial charge in [0.05, 0.1) is 7.11 Å². The van der Waals surface area contributed by atoms with Gasteiger partial charge in [0.2, 0.25) is 0 Å². The predicted octanol–water partition coefficient (Wildman–Crippen LogP) is 1.89. The SMILES string of the molecule is COC(=O)c1cc(O)c(Cl)s1. The van der Waals surface area contributed by atoms with Gasteiger partial charge in [0.1, 0.15) is 15.0 Å². The lowest BCUT2D eigenvalue weighted by atomic mass is 10.4. The number of thiophene rings is 1. The number of aromatic hydroxyl groups is 1. The highest BCUT2D eigenvalue weighted by atomic mass is 35.5. The van der Waals surface area contributed by atoms with E-state index in [1.165, 1.54) is 13.2 Å². The van der Waals surface area contributed by atoms with E-state index in [9.17, 15) is 4.79 Å². The molecule has 1 aromatic rings. The molecule has 0 aliphatic heterocycles. The summed E-state index contributed by atoms with van der Waals surface area (Å²) in [6.07, 6.45) is 0. The van der Waals surface area contributed by atoms with E-state index in [0.717, 1.165) is 11.3 Å². The Morgan fingerprint density at radius 3 is 2.82 bits per heavy atom. The molecule has 1 rings (SSSR count). The molecular weight excluding hydrogens is 188 g/mol. The summed E-state index contributed by atoms with van der Waals surface area (Å²) in [5.41, 5.74) is 0. The fraction of sp³-hybridized carbons (Fsp3) is 0.167. The summed E-state index contributed by atoms with van der Waals surface area (Å²) in [7, 11) is 1.27. The molecule has 3 nitrogen and oxygen atoms in total. The lowest BCUT2D eigenvalue weighted by molar-refractivity contribution is 0.0606. The van der Waals surface area contributed by atoms with E-state index in [0.29, 0.717) is 4.88 Å². The fourth-order valence-corrected chi connectivity index (χ4v) is 1.56. The zero-order valence-corrected chi connectivity index (χ0v) is 7.20. The molecule has 0 saturated carbocycles. The smallest absolute Gasteiger partial charge is 0.348 e. The molecule has 5 heteroatoms. The molecule has 0 amide bonds. The molecule has 0 spiro atoms. The number of halogens is 1. The second-order valence-corrected chi connectivity index (χ2v) is 3.42. The van der Waals surface area contributed by atoms with Crippen molar-refractivity contribution in [3.05, 3.63) is 15.3 Å². The average molecular weight is 193 g/mol. The normalized spacial score (nSPS) is 9.64. The molecule has 0 aliphatic rings. The number of methoxy groups -OCH3 is 1. The van der Waals surface area contributed by atoms with Crippen LogP contribution in [0.25, 0.3) is 0 Å². The molecule has 0 radical (unpaired) electrons. The van der Waals surface area contributed by atoms with Crippen LogP contribution in [-0.4, -0.2) is 18.2 Å². The zero-order valence-electron chi connectivity index (χ0n) is 5.63. The minimum Gasteiger partial charge on any atom is -0.505 e. The van der Waals surface area contributed by atoms with E-state index >= 15 is 0 Å². The Morgan fingerprint density at radius 1 is 1.82 bits per heavy atom. The topological polar surface area (TPSA) is 46.5 Å². The van der Waals surface area contributed by atoms with E-state index in [2.05, 4.69) is 4.74 Å². The van der Waals surface area contributed by atoms with Gasteiger partial charge >= 0.3 is 5.97 Å². The highest BCUT2D eigenvalue weighted by Gasteiger charge is 2.12. The highest BCUT2D eigenvalue weighted by molar-refractivity contribution is 7.18. The van der Waals surface area contributed by atoms with Crippen LogP contribution in [0.2, 0.25) is 4.34 Å². The first-order chi connectivity index (χ1) is 5.15. The monoisotopic (exact) mass is 192 g/mol. The summed E-state index contributed by atoms with van der Waals surface area (Å²) in [5.74, 6) is -0.575. The second kappa shape index (κ2) is 3.11. The number of ether oxygens (including phenoxy) is 1. The largest absolute Gasteiger partial charge is 0.505 e. The number of carbonyl (C=O) groups is 1. The Kier molecular flexibility index (Phi) is 2.36. The second-order valence-electron chi connectivity index (χ2n) is 1.76. The minimum absolute atomic E-state index is 0.0860. The summed E-state index contributed by atoms with van der Waals surface area (Å²) in [6.45, 7) is 0. The van der Waals surface area contributed by atoms with Crippen LogP contribution in [0.1, 0.15) is 9.67 Å². The Labute approximate surface area is 72.2 Å². The van der Waals surface area contributed by atoms with Gasteiger partial charge in [-0.3, -0.25) is 0 Å². The van der Waals surface area contributed by atoms with Crippen molar-refractivity contribution >= 4 is 28.9 Å². The molecule has 1 aromatic heterocycles. The Hall–Kier alpha value is -0.740. The lowest BCUT2D eigenvalue weighted by Gasteiger charge is -1.90. The number of esters is 1. The van der Waals surface area contributed by atoms with Crippen LogP contribution < -0.4 is 0 Å². The molecule has 0 aromatic carbocycles. The third kappa shape index (κ3) is 1.64. The summed E-state index contributed by atoms with van der Waals surface area (Å²) >= 11 is 6.48. The summed E-state index contributed by atoms with van der Waals surface area (Å²) in [6, 6.07) is 1.28. The van der Waals surface area contributed by atoms with E-state index in [4.69, 9.17) is 16.7 Å². The molecule has 0 saturated heterocycles. The highest BCUT2D eigenvalue weighted by Crippen LogP contribution is 2.33. The van der Waals surface area contributed by atoms with Crippen molar-refractivity contribution in [2.24, 2.45) is 0 Å². The third-order valence-electron chi connectivity index (χ3n) is 1.06. The van der Waals surface area contributed by atoms with Crippen LogP contribution >= 0.6 is 22.9 Å². The quantitative estimate of drug-likeness (QED) is 0.692. The van der Waals surface area contributed by atoms with Gasteiger partial charge in [-0.05, 0) is 0 Å². The summed E-state index contributed by atoms with van der Waals surface area (Å²) in [5, 5.41) is 8.96. The molecule has 0 fully saturated rings. The average Bonchev–Trinajstić information content (AvgIpc) is 2.31. The predicted molar refractivity (Wildman–Crippen MR) is 42.3 cm³/mol. The van der Waals surface area contributed by atoms with Crippen LogP contribution in [0.3, 0.4) is 0 Å². The Morgan fingerprint density at radius 2 is 2.45 bits per heavy atom. The van der Waals surface area contributed by atoms with E-state index in [-0.39, 0.29) is 10.1 Å². The molecule has 1 N–H and O–H groups in total. The first kappa shape index (κ1) is 8.36. The first-order valence-corrected chi connectivity index (χ1v) is 3.91. The number of hydrogen-bond donors (Lipinski definition) is 1. The molecule has 0 unspecified atom stereocenters. The van der Waals surface area contributed by atoms with E-state index < -0.39 is 5.97 Å². The Balaban J connectivity index is 2.97. The van der Waals surface area contributed by atoms with Gasteiger partial charge < -0.3 is 9.84 Å². The van der Waals surface area contributed by atoms with Gasteiger partial charge in [-0.1, -0.05) is 11.6 Å². The third-order valence-corrected chi connectivity index (χ3v) is 2.37. The summed E-state index contributed by atoms with van der Waals surface area (Å²) in [4.78, 5) is 11.1. The number of hydrogen-bond acceptors (Lipinski definition) is 4. The van der Waals surface area contributed by atoms with Crippen molar-refractivity contribution in [1.29, 1.82) is 0 Å². The molecule has 0 atom stereocenters. The molecule has 1 heterocycles. The molecule has 0 bridgehead atoms. The van der Waals surface area contributed by atoms with Gasteiger partial charge in [-0.2, -0.15) is 0 Å². The van der Waals surface area contributed by atoms with Gasteiger partial charge in [0.25, 0.3) is 0 Å². The number of carbonyl (C=O) groups excluding carboxylic acids is 1. The maximum atomic E-state index is 10.8. The Bertz CT molecular complexity index is 262. The standard InChI is InChI=1S/C6H5ClO3S/c1-10-6(9)4-2-3(8)5(7)11-4/h2,8H,1H3. The number of rotatable bonds is 1. The van der Waals surface area contributed by atoms with Crippen LogP contribution in [-0.2, 0) is 4.74 Å². The molecule has 0 aliphatic carbocycles. The first-order valence-electron chi connectivity index (χ1n) is 2.71. The van der Waals surface area contributed by atoms with Gasteiger partial charge in [0.15, 0.2) is 0 Å². The van der Waals surface area contributed by atoms with Crippen LogP contribution in [0.5, 0.6) is 5.75 Å². The van der Waals surface area contributed by atoms with Gasteiger partial charge in [-0.15, -0.1) is 11.3 Å². The maximum absolute atomic E-state index is 10.8. The van der Waals surface area contributed by atoms with Gasteiger partial charge in [-0.25, -0.2) is 4.79 Å². The minimum atomic E-state index is -0.489. The van der Waals surface area contributed by atoms with E-state index in [1.807, 2.05) is 0 Å². The van der Waals surface area contributed by atoms with Crippen LogP contribution in [0.15, 0.2) is 6.07 Å². The van der Waals surface area contributed by atoms with Gasteiger partial charge in [0, 0.05) is 6.07 Å². The fourth-order valence-electron chi connectivity index (χ4n) is 0.560. The van der Waals surface area contributed by atoms with Crippen molar-refractivity contribution < 1.29 is 14.6 Å². The van der Waals surface area contributed by atoms with Crippen LogP contribution in [0.4, 0.5) is 0 Å². The zero-order chi connectivity index (χ0) is 8.43. The van der Waals surface area contributed by atoms with Crippen molar-refractivity contribution in [3.8, 4) is 5.75 Å². The van der Waals surface area contributed by atoms with Crippen molar-refractivity contribution in [2.45, 2.75) is 0 Å². The van der Waals surface area contributed by atoms with Crippen molar-refractivity contribution in [1.82, 2.24) is 0 Å². The van der Waals surface area contributed by atoms with Crippen molar-refractivity contribution in [3.63, 3.8) is 0 Å². The van der Waals surface area contributed by atoms with Crippen molar-refractivity contribution in [2.75, 3.05) is 7.11 Å².